The van der Waals surface area contributed by atoms with Crippen LogP contribution in [0.3, 0.4) is 0 Å². The third-order valence-electron chi connectivity index (χ3n) is 3.90. The van der Waals surface area contributed by atoms with Crippen molar-refractivity contribution in [2.24, 2.45) is 17.3 Å². The molecular weight excluding hydrogens is 370 g/mol. The molecule has 1 aromatic carbocycles. The van der Waals surface area contributed by atoms with Crippen molar-refractivity contribution >= 4 is 22.9 Å². The monoisotopic (exact) mass is 387 g/mol. The summed E-state index contributed by atoms with van der Waals surface area (Å²) in [6.07, 6.45) is 5.45. The van der Waals surface area contributed by atoms with Gasteiger partial charge in [0.2, 0.25) is 0 Å². The lowest BCUT2D eigenvalue weighted by Gasteiger charge is -2.03. The Kier molecular flexibility index (Phi) is 6.19. The Morgan fingerprint density at radius 2 is 1.89 bits per heavy atom. The van der Waals surface area contributed by atoms with E-state index in [1.807, 2.05) is 36.1 Å². The van der Waals surface area contributed by atoms with Gasteiger partial charge in [-0.3, -0.25) is 10.1 Å². The van der Waals surface area contributed by atoms with Crippen molar-refractivity contribution in [1.82, 2.24) is 9.78 Å². The van der Waals surface area contributed by atoms with E-state index >= 15 is 0 Å². The van der Waals surface area contributed by atoms with E-state index in [-0.39, 0.29) is 18.1 Å². The Balaban J connectivity index is 0.00000261. The maximum atomic E-state index is 10.8. The highest BCUT2D eigenvalue weighted by molar-refractivity contribution is 5.57. The highest BCUT2D eigenvalue weighted by atomic mass is 35.5. The first-order chi connectivity index (χ1) is 12.4. The molecule has 0 fully saturated rings. The molecule has 0 amide bonds. The van der Waals surface area contributed by atoms with Crippen LogP contribution in [-0.2, 0) is 13.6 Å². The number of azo groups is 1. The topological polar surface area (TPSA) is 116 Å². The number of nitro groups is 1. The molecule has 3 aromatic rings. The van der Waals surface area contributed by atoms with Crippen LogP contribution in [0.15, 0.2) is 59.2 Å². The molecule has 0 spiro atoms. The third-order valence-corrected chi connectivity index (χ3v) is 3.90. The zero-order valence-electron chi connectivity index (χ0n) is 14.8. The van der Waals surface area contributed by atoms with E-state index in [0.717, 1.165) is 5.56 Å². The fourth-order valence-electron chi connectivity index (χ4n) is 2.37. The van der Waals surface area contributed by atoms with Crippen molar-refractivity contribution < 1.29 is 21.9 Å². The zero-order chi connectivity index (χ0) is 18.7. The van der Waals surface area contributed by atoms with E-state index in [4.69, 9.17) is 5.73 Å². The normalized spacial score (nSPS) is 10.7. The Hall–Kier alpha value is -3.33. The molecule has 0 saturated heterocycles. The molecule has 0 radical (unpaired) electrons. The van der Waals surface area contributed by atoms with E-state index < -0.39 is 4.92 Å². The molecular formula is C17H18ClN7O2. The third kappa shape index (κ3) is 4.64. The number of nitrogens with zero attached hydrogens (tertiary/aromatic N) is 6. The van der Waals surface area contributed by atoms with Gasteiger partial charge in [0.05, 0.1) is 23.4 Å². The summed E-state index contributed by atoms with van der Waals surface area (Å²) in [6.45, 7) is 2.27. The average molecular weight is 388 g/mol. The minimum atomic E-state index is -0.445. The molecule has 2 heterocycles. The van der Waals surface area contributed by atoms with Crippen molar-refractivity contribution in [3.63, 3.8) is 0 Å². The van der Waals surface area contributed by atoms with E-state index in [1.54, 1.807) is 23.9 Å². The van der Waals surface area contributed by atoms with Crippen LogP contribution in [0.5, 0.6) is 0 Å². The molecule has 3 rings (SSSR count). The van der Waals surface area contributed by atoms with Crippen LogP contribution >= 0.6 is 0 Å². The van der Waals surface area contributed by atoms with Gasteiger partial charge in [0, 0.05) is 24.3 Å². The molecule has 0 atom stereocenters. The summed E-state index contributed by atoms with van der Waals surface area (Å²) < 4.78 is 3.59. The summed E-state index contributed by atoms with van der Waals surface area (Å²) >= 11 is 0. The van der Waals surface area contributed by atoms with Gasteiger partial charge in [-0.05, 0) is 24.1 Å². The van der Waals surface area contributed by atoms with Gasteiger partial charge in [-0.25, -0.2) is 9.25 Å². The second-order valence-electron chi connectivity index (χ2n) is 5.87. The van der Waals surface area contributed by atoms with Crippen LogP contribution in [0.1, 0.15) is 11.1 Å². The number of nitrogen functional groups attached to an aromatic ring is 1. The number of pyridine rings is 1. The second-order valence-corrected chi connectivity index (χ2v) is 5.87. The summed E-state index contributed by atoms with van der Waals surface area (Å²) in [5, 5.41) is 23.3. The Morgan fingerprint density at radius 3 is 2.52 bits per heavy atom. The highest BCUT2D eigenvalue weighted by Crippen LogP contribution is 2.28. The number of nitro benzene ring substituents is 1. The van der Waals surface area contributed by atoms with Gasteiger partial charge in [0.1, 0.15) is 18.6 Å². The van der Waals surface area contributed by atoms with Crippen molar-refractivity contribution in [2.45, 2.75) is 13.5 Å². The van der Waals surface area contributed by atoms with Crippen LogP contribution in [0.4, 0.5) is 22.9 Å². The predicted molar refractivity (Wildman–Crippen MR) is 95.4 cm³/mol. The van der Waals surface area contributed by atoms with Crippen LogP contribution in [0, 0.1) is 17.0 Å². The lowest BCUT2D eigenvalue weighted by molar-refractivity contribution is -0.671. The molecule has 27 heavy (non-hydrogen) atoms. The molecule has 0 aliphatic rings. The van der Waals surface area contributed by atoms with Crippen LogP contribution in [0.2, 0.25) is 0 Å². The molecule has 2 aromatic heterocycles. The van der Waals surface area contributed by atoms with Crippen LogP contribution in [0.25, 0.3) is 0 Å². The molecule has 0 aliphatic carbocycles. The zero-order valence-corrected chi connectivity index (χ0v) is 15.5. The van der Waals surface area contributed by atoms with E-state index in [0.29, 0.717) is 29.3 Å². The fourth-order valence-corrected chi connectivity index (χ4v) is 2.37. The number of rotatable bonds is 5. The van der Waals surface area contributed by atoms with Gasteiger partial charge < -0.3 is 18.1 Å². The molecule has 9 nitrogen and oxygen atoms in total. The number of benzene rings is 1. The molecule has 0 unspecified atom stereocenters. The Morgan fingerprint density at radius 1 is 1.22 bits per heavy atom. The van der Waals surface area contributed by atoms with Gasteiger partial charge >= 0.3 is 0 Å². The van der Waals surface area contributed by atoms with Crippen molar-refractivity contribution in [1.29, 1.82) is 0 Å². The summed E-state index contributed by atoms with van der Waals surface area (Å²) in [5.74, 6) is 0.404. The van der Waals surface area contributed by atoms with Crippen LogP contribution in [-0.4, -0.2) is 14.7 Å². The number of halogens is 1. The van der Waals surface area contributed by atoms with Crippen molar-refractivity contribution in [3.8, 4) is 0 Å². The van der Waals surface area contributed by atoms with Crippen LogP contribution < -0.4 is 22.7 Å². The largest absolute Gasteiger partial charge is 1.00 e. The molecule has 10 heteroatoms. The molecule has 0 bridgehead atoms. The molecule has 140 valence electrons. The number of aromatic nitrogens is 3. The number of non-ortho nitro benzene ring substituents is 1. The van der Waals surface area contributed by atoms with Crippen molar-refractivity contribution in [3.05, 3.63) is 70.2 Å². The predicted octanol–water partition coefficient (Wildman–Crippen LogP) is -0.0259. The summed E-state index contributed by atoms with van der Waals surface area (Å²) in [7, 11) is 1.95. The number of nitrogens with two attached hydrogens (primary N) is 1. The minimum Gasteiger partial charge on any atom is -1.00 e. The summed E-state index contributed by atoms with van der Waals surface area (Å²) in [5.41, 5.74) is 8.83. The van der Waals surface area contributed by atoms with E-state index in [1.165, 1.54) is 12.1 Å². The Labute approximate surface area is 161 Å². The standard InChI is InChI=1S/C17H18N7O2.ClH/c1-12-9-14(24(25)26)3-4-15(12)20-21-16-10-19-23(17(16)18)11-13-5-7-22(2)8-6-13;/h3-10H,11,18H2,1-2H3;1H/q+1;/p-1. The quantitative estimate of drug-likeness (QED) is 0.286. The second kappa shape index (κ2) is 8.37. The smallest absolute Gasteiger partial charge is 0.269 e. The molecule has 0 saturated carbocycles. The van der Waals surface area contributed by atoms with Gasteiger partial charge in [0.15, 0.2) is 12.4 Å². The Bertz CT molecular complexity index is 983. The lowest BCUT2D eigenvalue weighted by atomic mass is 10.2. The molecule has 0 aliphatic heterocycles. The number of aryl methyl sites for hydroxylation is 2. The number of hydrogen-bond acceptors (Lipinski definition) is 6. The first-order valence-electron chi connectivity index (χ1n) is 7.86. The summed E-state index contributed by atoms with van der Waals surface area (Å²) in [4.78, 5) is 10.3. The van der Waals surface area contributed by atoms with Gasteiger partial charge in [-0.2, -0.15) is 10.2 Å². The SMILES string of the molecule is Cc1cc([N+](=O)[O-])ccc1N=Nc1cnn(Cc2cc[n+](C)cc2)c1N.[Cl-]. The van der Waals surface area contributed by atoms with Gasteiger partial charge in [0.25, 0.3) is 5.69 Å². The van der Waals surface area contributed by atoms with Gasteiger partial charge in [-0.15, -0.1) is 5.11 Å². The lowest BCUT2D eigenvalue weighted by Crippen LogP contribution is -3.00. The maximum absolute atomic E-state index is 10.8. The minimum absolute atomic E-state index is 0. The van der Waals surface area contributed by atoms with E-state index in [2.05, 4.69) is 15.3 Å². The average Bonchev–Trinajstić information content (AvgIpc) is 2.96. The number of hydrogen-bond donors (Lipinski definition) is 1. The summed E-state index contributed by atoms with van der Waals surface area (Å²) in [6, 6.07) is 8.38. The van der Waals surface area contributed by atoms with Gasteiger partial charge in [-0.1, -0.05) is 0 Å². The van der Waals surface area contributed by atoms with E-state index in [9.17, 15) is 10.1 Å². The molecule has 2 N–H and O–H groups in total. The number of anilines is 1. The maximum Gasteiger partial charge on any atom is 0.269 e. The first-order valence-corrected chi connectivity index (χ1v) is 7.86. The first kappa shape index (κ1) is 20.0. The highest BCUT2D eigenvalue weighted by Gasteiger charge is 2.10. The van der Waals surface area contributed by atoms with Crippen molar-refractivity contribution in [2.75, 3.05) is 5.73 Å². The fraction of sp³-hybridized carbons (Fsp3) is 0.176.